The van der Waals surface area contributed by atoms with Gasteiger partial charge in [0.25, 0.3) is 0 Å². The molecule has 0 bridgehead atoms. The molecule has 0 saturated carbocycles. The first-order valence-corrected chi connectivity index (χ1v) is 10.9. The average molecular weight is 417 g/mol. The van der Waals surface area contributed by atoms with Crippen molar-refractivity contribution < 1.29 is 14.0 Å². The lowest BCUT2D eigenvalue weighted by atomic mass is 10.1. The molecule has 156 valence electrons. The minimum Gasteiger partial charge on any atom is -0.355 e. The first-order chi connectivity index (χ1) is 13.8. The fourth-order valence-corrected chi connectivity index (χ4v) is 4.05. The van der Waals surface area contributed by atoms with Gasteiger partial charge in [0.15, 0.2) is 0 Å². The van der Waals surface area contributed by atoms with Gasteiger partial charge in [-0.1, -0.05) is 47.5 Å². The van der Waals surface area contributed by atoms with Gasteiger partial charge in [-0.2, -0.15) is 0 Å². The number of hydrogen-bond donors (Lipinski definition) is 1. The first-order valence-electron chi connectivity index (χ1n) is 9.77. The number of halogens is 1. The highest BCUT2D eigenvalue weighted by molar-refractivity contribution is 7.99. The Morgan fingerprint density at radius 3 is 2.41 bits per heavy atom. The number of rotatable bonds is 9. The number of hydrogen-bond acceptors (Lipinski definition) is 3. The second-order valence-corrected chi connectivity index (χ2v) is 8.16. The number of amides is 2. The molecule has 0 aromatic heterocycles. The average Bonchev–Trinajstić information content (AvgIpc) is 2.66. The summed E-state index contributed by atoms with van der Waals surface area (Å²) < 4.78 is 14.1. The van der Waals surface area contributed by atoms with Gasteiger partial charge >= 0.3 is 0 Å². The monoisotopic (exact) mass is 416 g/mol. The fourth-order valence-electron chi connectivity index (χ4n) is 3.21. The highest BCUT2D eigenvalue weighted by Gasteiger charge is 2.26. The number of benzene rings is 2. The molecule has 0 radical (unpaired) electrons. The summed E-state index contributed by atoms with van der Waals surface area (Å²) in [5.74, 6) is 0.136. The molecule has 0 heterocycles. The van der Waals surface area contributed by atoms with Crippen molar-refractivity contribution in [3.8, 4) is 0 Å². The Bertz CT molecular complexity index is 836. The van der Waals surface area contributed by atoms with Crippen LogP contribution in [0.1, 0.15) is 36.1 Å². The van der Waals surface area contributed by atoms with Crippen molar-refractivity contribution in [2.45, 2.75) is 46.0 Å². The topological polar surface area (TPSA) is 49.4 Å². The van der Waals surface area contributed by atoms with Crippen LogP contribution < -0.4 is 5.32 Å². The Morgan fingerprint density at radius 2 is 1.79 bits per heavy atom. The van der Waals surface area contributed by atoms with Crippen molar-refractivity contribution in [2.24, 2.45) is 0 Å². The summed E-state index contributed by atoms with van der Waals surface area (Å²) in [6.45, 7) is 8.15. The second kappa shape index (κ2) is 11.0. The predicted molar refractivity (Wildman–Crippen MR) is 117 cm³/mol. The fraction of sp³-hybridized carbons (Fsp3) is 0.391. The van der Waals surface area contributed by atoms with Crippen molar-refractivity contribution in [1.82, 2.24) is 10.2 Å². The molecule has 2 amide bonds. The molecule has 2 aromatic rings. The zero-order valence-corrected chi connectivity index (χ0v) is 18.3. The van der Waals surface area contributed by atoms with Crippen molar-refractivity contribution in [3.63, 3.8) is 0 Å². The van der Waals surface area contributed by atoms with Crippen LogP contribution in [0.15, 0.2) is 42.5 Å². The van der Waals surface area contributed by atoms with Crippen molar-refractivity contribution >= 4 is 23.6 Å². The summed E-state index contributed by atoms with van der Waals surface area (Å²) in [6, 6.07) is 12.0. The standard InChI is InChI=1S/C23H29FN2O2S/c1-5-25-23(28)18(4)26(13-20-8-6-7-9-21(20)24)22(27)15-29-14-19-11-16(2)10-17(3)12-19/h6-12,18H,5,13-15H2,1-4H3,(H,25,28). The first kappa shape index (κ1) is 22.9. The van der Waals surface area contributed by atoms with Crippen LogP contribution in [0.5, 0.6) is 0 Å². The van der Waals surface area contributed by atoms with Gasteiger partial charge in [0, 0.05) is 24.4 Å². The molecule has 0 aliphatic carbocycles. The minimum absolute atomic E-state index is 0.0634. The largest absolute Gasteiger partial charge is 0.355 e. The van der Waals surface area contributed by atoms with Crippen molar-refractivity contribution in [1.29, 1.82) is 0 Å². The molecule has 6 heteroatoms. The lowest BCUT2D eigenvalue weighted by Gasteiger charge is -2.28. The van der Waals surface area contributed by atoms with E-state index in [1.54, 1.807) is 25.1 Å². The van der Waals surface area contributed by atoms with Crippen LogP contribution in [-0.4, -0.2) is 35.1 Å². The van der Waals surface area contributed by atoms with Crippen LogP contribution in [0, 0.1) is 19.7 Å². The van der Waals surface area contributed by atoms with Gasteiger partial charge in [-0.05, 0) is 39.3 Å². The number of likely N-dealkylation sites (N-methyl/N-ethyl adjacent to an activating group) is 1. The normalized spacial score (nSPS) is 11.8. The molecule has 0 aliphatic heterocycles. The summed E-state index contributed by atoms with van der Waals surface area (Å²) in [5.41, 5.74) is 3.95. The van der Waals surface area contributed by atoms with E-state index in [9.17, 15) is 14.0 Å². The van der Waals surface area contributed by atoms with E-state index in [0.717, 1.165) is 5.56 Å². The van der Waals surface area contributed by atoms with Gasteiger partial charge in [0.1, 0.15) is 11.9 Å². The lowest BCUT2D eigenvalue weighted by Crippen LogP contribution is -2.48. The molecular formula is C23H29FN2O2S. The molecule has 0 fully saturated rings. The SMILES string of the molecule is CCNC(=O)C(C)N(Cc1ccccc1F)C(=O)CSCc1cc(C)cc(C)c1. The number of thioether (sulfide) groups is 1. The lowest BCUT2D eigenvalue weighted by molar-refractivity contribution is -0.138. The second-order valence-electron chi connectivity index (χ2n) is 7.17. The molecule has 29 heavy (non-hydrogen) atoms. The van der Waals surface area contributed by atoms with E-state index in [0.29, 0.717) is 17.9 Å². The molecule has 1 atom stereocenters. The summed E-state index contributed by atoms with van der Waals surface area (Å²) in [5, 5.41) is 2.74. The van der Waals surface area contributed by atoms with Crippen LogP contribution in [0.3, 0.4) is 0 Å². The quantitative estimate of drug-likeness (QED) is 0.666. The highest BCUT2D eigenvalue weighted by atomic mass is 32.2. The van der Waals surface area contributed by atoms with Gasteiger partial charge < -0.3 is 10.2 Å². The van der Waals surface area contributed by atoms with Gasteiger partial charge in [0.2, 0.25) is 11.8 Å². The van der Waals surface area contributed by atoms with Crippen LogP contribution in [0.4, 0.5) is 4.39 Å². The summed E-state index contributed by atoms with van der Waals surface area (Å²) in [7, 11) is 0. The van der Waals surface area contributed by atoms with E-state index in [1.165, 1.54) is 33.9 Å². The zero-order chi connectivity index (χ0) is 21.4. The van der Waals surface area contributed by atoms with E-state index in [4.69, 9.17) is 0 Å². The molecule has 2 rings (SSSR count). The molecule has 2 aromatic carbocycles. The van der Waals surface area contributed by atoms with Gasteiger partial charge in [-0.25, -0.2) is 4.39 Å². The van der Waals surface area contributed by atoms with Gasteiger partial charge in [0.05, 0.1) is 5.75 Å². The predicted octanol–water partition coefficient (Wildman–Crippen LogP) is 4.23. The van der Waals surface area contributed by atoms with E-state index < -0.39 is 6.04 Å². The summed E-state index contributed by atoms with van der Waals surface area (Å²) in [4.78, 5) is 26.7. The Morgan fingerprint density at radius 1 is 1.14 bits per heavy atom. The van der Waals surface area contributed by atoms with E-state index in [1.807, 2.05) is 6.92 Å². The number of aryl methyl sites for hydroxylation is 2. The molecule has 4 nitrogen and oxygen atoms in total. The molecular weight excluding hydrogens is 387 g/mol. The Labute approximate surface area is 176 Å². The number of carbonyl (C=O) groups excluding carboxylic acids is 2. The number of nitrogens with zero attached hydrogens (tertiary/aromatic N) is 1. The van der Waals surface area contributed by atoms with E-state index in [-0.39, 0.29) is 29.9 Å². The third-order valence-corrected chi connectivity index (χ3v) is 5.58. The van der Waals surface area contributed by atoms with E-state index in [2.05, 4.69) is 37.4 Å². The maximum absolute atomic E-state index is 14.1. The Balaban J connectivity index is 2.08. The van der Waals surface area contributed by atoms with Gasteiger partial charge in [-0.3, -0.25) is 9.59 Å². The number of nitrogens with one attached hydrogen (secondary N) is 1. The van der Waals surface area contributed by atoms with Crippen molar-refractivity contribution in [2.75, 3.05) is 12.3 Å². The van der Waals surface area contributed by atoms with Crippen LogP contribution >= 0.6 is 11.8 Å². The Kier molecular flexibility index (Phi) is 8.70. The summed E-state index contributed by atoms with van der Waals surface area (Å²) in [6.07, 6.45) is 0. The highest BCUT2D eigenvalue weighted by Crippen LogP contribution is 2.19. The van der Waals surface area contributed by atoms with Crippen molar-refractivity contribution in [3.05, 3.63) is 70.5 Å². The van der Waals surface area contributed by atoms with Crippen LogP contribution in [0.2, 0.25) is 0 Å². The maximum atomic E-state index is 14.1. The molecule has 0 spiro atoms. The molecule has 1 unspecified atom stereocenters. The van der Waals surface area contributed by atoms with Crippen LogP contribution in [0.25, 0.3) is 0 Å². The number of carbonyl (C=O) groups is 2. The van der Waals surface area contributed by atoms with E-state index >= 15 is 0 Å². The third-order valence-electron chi connectivity index (χ3n) is 4.59. The maximum Gasteiger partial charge on any atom is 0.242 e. The molecule has 1 N–H and O–H groups in total. The zero-order valence-electron chi connectivity index (χ0n) is 17.5. The molecule has 0 saturated heterocycles. The summed E-state index contributed by atoms with van der Waals surface area (Å²) >= 11 is 1.50. The minimum atomic E-state index is -0.677. The molecule has 0 aliphatic rings. The van der Waals surface area contributed by atoms with Crippen LogP contribution in [-0.2, 0) is 21.9 Å². The Hall–Kier alpha value is -2.34. The smallest absolute Gasteiger partial charge is 0.242 e. The van der Waals surface area contributed by atoms with Gasteiger partial charge in [-0.15, -0.1) is 11.8 Å². The third kappa shape index (κ3) is 6.89.